The molecule has 0 radical (unpaired) electrons. The van der Waals surface area contributed by atoms with Crippen molar-refractivity contribution in [3.8, 4) is 0 Å². The van der Waals surface area contributed by atoms with E-state index in [2.05, 4.69) is 41.5 Å². The van der Waals surface area contributed by atoms with Crippen molar-refractivity contribution in [3.05, 3.63) is 0 Å². The summed E-state index contributed by atoms with van der Waals surface area (Å²) in [6.45, 7) is 6.34. The Balaban J connectivity index is 3.46. The van der Waals surface area contributed by atoms with Gasteiger partial charge in [-0.1, -0.05) is 0 Å². The third-order valence-electron chi connectivity index (χ3n) is 2.22. The van der Waals surface area contributed by atoms with Crippen molar-refractivity contribution < 1.29 is 0 Å². The number of nitrogens with two attached hydrogens (primary N) is 1. The maximum Gasteiger partial charge on any atom is 0.205 e. The molecule has 0 aliphatic heterocycles. The summed E-state index contributed by atoms with van der Waals surface area (Å²) in [4.78, 5) is 6.22. The number of nitrogens with one attached hydrogen (secondary N) is 2. The average Bonchev–Trinajstić information content (AvgIpc) is 2.17. The second kappa shape index (κ2) is 7.58. The lowest BCUT2D eigenvalue weighted by atomic mass is 10.3. The SMILES string of the molecule is CN=C(NN)NCCCN(C)C(C)C. The quantitative estimate of drug-likeness (QED) is 0.189. The molecule has 5 heteroatoms. The van der Waals surface area contributed by atoms with Gasteiger partial charge in [0, 0.05) is 19.6 Å². The van der Waals surface area contributed by atoms with E-state index in [1.165, 1.54) is 0 Å². The Morgan fingerprint density at radius 3 is 2.57 bits per heavy atom. The van der Waals surface area contributed by atoms with Crippen LogP contribution in [0.15, 0.2) is 4.99 Å². The molecule has 84 valence electrons. The number of rotatable bonds is 5. The van der Waals surface area contributed by atoms with Gasteiger partial charge in [0.1, 0.15) is 0 Å². The molecule has 0 unspecified atom stereocenters. The van der Waals surface area contributed by atoms with Crippen LogP contribution in [0.25, 0.3) is 0 Å². The summed E-state index contributed by atoms with van der Waals surface area (Å²) in [5.41, 5.74) is 2.49. The van der Waals surface area contributed by atoms with Crippen molar-refractivity contribution in [3.63, 3.8) is 0 Å². The number of guanidine groups is 1. The molecule has 0 atom stereocenters. The molecule has 0 rings (SSSR count). The van der Waals surface area contributed by atoms with Crippen molar-refractivity contribution in [2.45, 2.75) is 26.3 Å². The Morgan fingerprint density at radius 1 is 1.50 bits per heavy atom. The van der Waals surface area contributed by atoms with Gasteiger partial charge in [-0.25, -0.2) is 5.84 Å². The van der Waals surface area contributed by atoms with E-state index in [1.807, 2.05) is 0 Å². The molecule has 0 aromatic rings. The zero-order chi connectivity index (χ0) is 11.0. The van der Waals surface area contributed by atoms with E-state index in [1.54, 1.807) is 7.05 Å². The maximum atomic E-state index is 5.22. The first-order valence-corrected chi connectivity index (χ1v) is 4.99. The molecule has 0 aromatic carbocycles. The first-order valence-electron chi connectivity index (χ1n) is 4.99. The minimum absolute atomic E-state index is 0.599. The molecular weight excluding hydrogens is 178 g/mol. The molecular formula is C9H23N5. The summed E-state index contributed by atoms with van der Waals surface area (Å²) in [7, 11) is 3.82. The fourth-order valence-electron chi connectivity index (χ4n) is 0.988. The topological polar surface area (TPSA) is 65.7 Å². The van der Waals surface area contributed by atoms with Gasteiger partial charge in [0.25, 0.3) is 0 Å². The van der Waals surface area contributed by atoms with Crippen LogP contribution in [0.2, 0.25) is 0 Å². The van der Waals surface area contributed by atoms with Gasteiger partial charge in [0.15, 0.2) is 0 Å². The highest BCUT2D eigenvalue weighted by atomic mass is 15.3. The third-order valence-corrected chi connectivity index (χ3v) is 2.22. The molecule has 4 N–H and O–H groups in total. The van der Waals surface area contributed by atoms with Crippen molar-refractivity contribution >= 4 is 5.96 Å². The second-order valence-corrected chi connectivity index (χ2v) is 3.57. The van der Waals surface area contributed by atoms with E-state index in [0.29, 0.717) is 12.0 Å². The van der Waals surface area contributed by atoms with E-state index in [-0.39, 0.29) is 0 Å². The van der Waals surface area contributed by atoms with Crippen LogP contribution in [0.1, 0.15) is 20.3 Å². The zero-order valence-corrected chi connectivity index (χ0v) is 9.67. The number of hydrogen-bond acceptors (Lipinski definition) is 3. The molecule has 0 aliphatic carbocycles. The molecule has 0 spiro atoms. The molecule has 0 bridgehead atoms. The van der Waals surface area contributed by atoms with E-state index in [9.17, 15) is 0 Å². The van der Waals surface area contributed by atoms with Gasteiger partial charge in [-0.15, -0.1) is 0 Å². The van der Waals surface area contributed by atoms with Crippen molar-refractivity contribution in [2.75, 3.05) is 27.2 Å². The smallest absolute Gasteiger partial charge is 0.205 e. The lowest BCUT2D eigenvalue weighted by Gasteiger charge is -2.20. The molecule has 0 aromatic heterocycles. The van der Waals surface area contributed by atoms with E-state index >= 15 is 0 Å². The summed E-state index contributed by atoms with van der Waals surface area (Å²) >= 11 is 0. The molecule has 0 aliphatic rings. The molecule has 14 heavy (non-hydrogen) atoms. The van der Waals surface area contributed by atoms with Crippen LogP contribution < -0.4 is 16.6 Å². The minimum Gasteiger partial charge on any atom is -0.355 e. The minimum atomic E-state index is 0.599. The zero-order valence-electron chi connectivity index (χ0n) is 9.67. The Morgan fingerprint density at radius 2 is 2.14 bits per heavy atom. The number of hydrazine groups is 1. The number of hydrogen-bond donors (Lipinski definition) is 3. The highest BCUT2D eigenvalue weighted by molar-refractivity contribution is 5.78. The van der Waals surface area contributed by atoms with Gasteiger partial charge in [0.2, 0.25) is 5.96 Å². The largest absolute Gasteiger partial charge is 0.355 e. The van der Waals surface area contributed by atoms with Crippen molar-refractivity contribution in [1.82, 2.24) is 15.6 Å². The molecule has 5 nitrogen and oxygen atoms in total. The molecule has 0 amide bonds. The van der Waals surface area contributed by atoms with E-state index < -0.39 is 0 Å². The highest BCUT2D eigenvalue weighted by Crippen LogP contribution is 1.93. The molecule has 0 fully saturated rings. The van der Waals surface area contributed by atoms with Crippen LogP contribution in [-0.2, 0) is 0 Å². The second-order valence-electron chi connectivity index (χ2n) is 3.57. The normalized spacial score (nSPS) is 12.4. The average molecular weight is 201 g/mol. The monoisotopic (exact) mass is 201 g/mol. The first kappa shape index (κ1) is 13.2. The number of aliphatic imine (C=N–C) groups is 1. The summed E-state index contributed by atoms with van der Waals surface area (Å²) in [5.74, 6) is 5.86. The van der Waals surface area contributed by atoms with E-state index in [0.717, 1.165) is 19.5 Å². The fraction of sp³-hybridized carbons (Fsp3) is 0.889. The van der Waals surface area contributed by atoms with Gasteiger partial charge >= 0.3 is 0 Å². The lowest BCUT2D eigenvalue weighted by molar-refractivity contribution is 0.271. The van der Waals surface area contributed by atoms with Crippen LogP contribution >= 0.6 is 0 Å². The third kappa shape index (κ3) is 5.77. The Labute approximate surface area is 86.7 Å². The predicted molar refractivity (Wildman–Crippen MR) is 61.1 cm³/mol. The predicted octanol–water partition coefficient (Wildman–Crippen LogP) is -0.245. The lowest BCUT2D eigenvalue weighted by Crippen LogP contribution is -2.42. The van der Waals surface area contributed by atoms with Crippen LogP contribution in [0.4, 0.5) is 0 Å². The van der Waals surface area contributed by atoms with Gasteiger partial charge < -0.3 is 10.2 Å². The highest BCUT2D eigenvalue weighted by Gasteiger charge is 2.01. The standard InChI is InChI=1S/C9H23N5/c1-8(2)14(4)7-5-6-12-9(11-3)13-10/h8H,5-7,10H2,1-4H3,(H2,11,12,13). The van der Waals surface area contributed by atoms with Crippen LogP contribution in [0, 0.1) is 0 Å². The van der Waals surface area contributed by atoms with Crippen molar-refractivity contribution in [1.29, 1.82) is 0 Å². The summed E-state index contributed by atoms with van der Waals surface area (Å²) in [5, 5.41) is 3.10. The van der Waals surface area contributed by atoms with Gasteiger partial charge in [-0.2, -0.15) is 0 Å². The number of nitrogens with zero attached hydrogens (tertiary/aromatic N) is 2. The van der Waals surface area contributed by atoms with E-state index in [4.69, 9.17) is 5.84 Å². The fourth-order valence-corrected chi connectivity index (χ4v) is 0.988. The molecule has 0 saturated heterocycles. The van der Waals surface area contributed by atoms with Crippen LogP contribution in [-0.4, -0.2) is 44.1 Å². The van der Waals surface area contributed by atoms with Gasteiger partial charge in [0.05, 0.1) is 0 Å². The summed E-state index contributed by atoms with van der Waals surface area (Å²) < 4.78 is 0. The first-order chi connectivity index (χ1) is 6.61. The summed E-state index contributed by atoms with van der Waals surface area (Å²) in [6.07, 6.45) is 1.08. The van der Waals surface area contributed by atoms with Crippen LogP contribution in [0.5, 0.6) is 0 Å². The maximum absolute atomic E-state index is 5.22. The van der Waals surface area contributed by atoms with Gasteiger partial charge in [-0.05, 0) is 33.9 Å². The molecule has 0 heterocycles. The Kier molecular flexibility index (Phi) is 7.14. The van der Waals surface area contributed by atoms with Gasteiger partial charge in [-0.3, -0.25) is 10.4 Å². The summed E-state index contributed by atoms with van der Waals surface area (Å²) in [6, 6.07) is 0.599. The van der Waals surface area contributed by atoms with Crippen molar-refractivity contribution in [2.24, 2.45) is 10.8 Å². The molecule has 0 saturated carbocycles. The van der Waals surface area contributed by atoms with Crippen LogP contribution in [0.3, 0.4) is 0 Å². The Hall–Kier alpha value is -0.810. The Bertz CT molecular complexity index is 167.